The van der Waals surface area contributed by atoms with Crippen molar-refractivity contribution in [2.75, 3.05) is 19.6 Å². The van der Waals surface area contributed by atoms with Crippen molar-refractivity contribution in [2.45, 2.75) is 39.2 Å². The first-order valence-corrected chi connectivity index (χ1v) is 6.41. The maximum Gasteiger partial charge on any atom is 0.242 e. The van der Waals surface area contributed by atoms with Crippen LogP contribution in [0.3, 0.4) is 0 Å². The van der Waals surface area contributed by atoms with Gasteiger partial charge in [-0.1, -0.05) is 6.92 Å². The Hall–Kier alpha value is -1.10. The van der Waals surface area contributed by atoms with E-state index in [-0.39, 0.29) is 11.8 Å². The SMILES string of the molecule is CCCNC(=O)C(C)NC(=O)CC1CCNC1. The number of hydrogen-bond acceptors (Lipinski definition) is 3. The van der Waals surface area contributed by atoms with Crippen molar-refractivity contribution in [1.82, 2.24) is 16.0 Å². The second-order valence-corrected chi connectivity index (χ2v) is 4.64. The van der Waals surface area contributed by atoms with Crippen LogP contribution in [0.5, 0.6) is 0 Å². The number of amides is 2. The smallest absolute Gasteiger partial charge is 0.242 e. The molecule has 1 fully saturated rings. The molecule has 3 N–H and O–H groups in total. The second-order valence-electron chi connectivity index (χ2n) is 4.64. The topological polar surface area (TPSA) is 70.2 Å². The molecule has 2 unspecified atom stereocenters. The molecule has 1 saturated heterocycles. The number of nitrogens with one attached hydrogen (secondary N) is 3. The molecule has 0 aromatic carbocycles. The molecule has 1 heterocycles. The minimum absolute atomic E-state index is 0.0298. The van der Waals surface area contributed by atoms with Gasteiger partial charge in [0, 0.05) is 13.0 Å². The molecule has 0 aromatic rings. The van der Waals surface area contributed by atoms with Crippen molar-refractivity contribution in [3.05, 3.63) is 0 Å². The quantitative estimate of drug-likeness (QED) is 0.614. The fraction of sp³-hybridized carbons (Fsp3) is 0.833. The lowest BCUT2D eigenvalue weighted by Gasteiger charge is -2.15. The van der Waals surface area contributed by atoms with Gasteiger partial charge in [-0.25, -0.2) is 0 Å². The van der Waals surface area contributed by atoms with Crippen LogP contribution >= 0.6 is 0 Å². The van der Waals surface area contributed by atoms with Crippen LogP contribution in [-0.2, 0) is 9.59 Å². The first-order chi connectivity index (χ1) is 8.13. The Kier molecular flexibility index (Phi) is 5.97. The largest absolute Gasteiger partial charge is 0.354 e. The molecular formula is C12H23N3O2. The third kappa shape index (κ3) is 5.17. The summed E-state index contributed by atoms with van der Waals surface area (Å²) >= 11 is 0. The van der Waals surface area contributed by atoms with E-state index in [2.05, 4.69) is 16.0 Å². The monoisotopic (exact) mass is 241 g/mol. The van der Waals surface area contributed by atoms with E-state index in [1.807, 2.05) is 6.92 Å². The van der Waals surface area contributed by atoms with Crippen molar-refractivity contribution in [1.29, 1.82) is 0 Å². The zero-order valence-corrected chi connectivity index (χ0v) is 10.7. The van der Waals surface area contributed by atoms with E-state index in [0.29, 0.717) is 18.9 Å². The predicted molar refractivity (Wildman–Crippen MR) is 66.5 cm³/mol. The van der Waals surface area contributed by atoms with E-state index >= 15 is 0 Å². The molecule has 2 atom stereocenters. The molecule has 5 heteroatoms. The van der Waals surface area contributed by atoms with Crippen LogP contribution in [-0.4, -0.2) is 37.5 Å². The Balaban J connectivity index is 2.22. The lowest BCUT2D eigenvalue weighted by molar-refractivity contribution is -0.129. The van der Waals surface area contributed by atoms with Crippen LogP contribution in [0, 0.1) is 5.92 Å². The third-order valence-electron chi connectivity index (χ3n) is 2.96. The maximum atomic E-state index is 11.7. The van der Waals surface area contributed by atoms with Gasteiger partial charge >= 0.3 is 0 Å². The Morgan fingerprint density at radius 2 is 2.24 bits per heavy atom. The second kappa shape index (κ2) is 7.27. The Labute approximate surface area is 103 Å². The molecule has 1 aliphatic heterocycles. The van der Waals surface area contributed by atoms with Gasteiger partial charge in [0.05, 0.1) is 0 Å². The van der Waals surface area contributed by atoms with Gasteiger partial charge in [0.1, 0.15) is 6.04 Å². The van der Waals surface area contributed by atoms with Crippen LogP contribution < -0.4 is 16.0 Å². The Morgan fingerprint density at radius 3 is 2.82 bits per heavy atom. The van der Waals surface area contributed by atoms with E-state index in [1.54, 1.807) is 6.92 Å². The molecule has 1 rings (SSSR count). The molecule has 5 nitrogen and oxygen atoms in total. The molecule has 17 heavy (non-hydrogen) atoms. The van der Waals surface area contributed by atoms with Crippen molar-refractivity contribution < 1.29 is 9.59 Å². The van der Waals surface area contributed by atoms with Gasteiger partial charge in [-0.05, 0) is 38.8 Å². The molecular weight excluding hydrogens is 218 g/mol. The minimum Gasteiger partial charge on any atom is -0.354 e. The van der Waals surface area contributed by atoms with Crippen molar-refractivity contribution in [3.63, 3.8) is 0 Å². The molecule has 98 valence electrons. The number of carbonyl (C=O) groups is 2. The molecule has 0 radical (unpaired) electrons. The van der Waals surface area contributed by atoms with Crippen LogP contribution in [0.25, 0.3) is 0 Å². The van der Waals surface area contributed by atoms with Crippen LogP contribution in [0.2, 0.25) is 0 Å². The molecule has 0 saturated carbocycles. The van der Waals surface area contributed by atoms with Gasteiger partial charge in [0.15, 0.2) is 0 Å². The van der Waals surface area contributed by atoms with Gasteiger partial charge in [0.25, 0.3) is 0 Å². The first-order valence-electron chi connectivity index (χ1n) is 6.41. The average molecular weight is 241 g/mol. The van der Waals surface area contributed by atoms with Gasteiger partial charge in [-0.2, -0.15) is 0 Å². The normalized spacial score (nSPS) is 20.9. The number of hydrogen-bond donors (Lipinski definition) is 3. The summed E-state index contributed by atoms with van der Waals surface area (Å²) in [5.74, 6) is 0.281. The summed E-state index contributed by atoms with van der Waals surface area (Å²) < 4.78 is 0. The third-order valence-corrected chi connectivity index (χ3v) is 2.96. The molecule has 0 bridgehead atoms. The molecule has 1 aliphatic rings. The zero-order valence-electron chi connectivity index (χ0n) is 10.7. The highest BCUT2D eigenvalue weighted by Gasteiger charge is 2.20. The summed E-state index contributed by atoms with van der Waals surface area (Å²) in [7, 11) is 0. The molecule has 0 aromatic heterocycles. The lowest BCUT2D eigenvalue weighted by Crippen LogP contribution is -2.45. The average Bonchev–Trinajstić information content (AvgIpc) is 2.78. The highest BCUT2D eigenvalue weighted by atomic mass is 16.2. The fourth-order valence-corrected chi connectivity index (χ4v) is 1.92. The van der Waals surface area contributed by atoms with E-state index in [9.17, 15) is 9.59 Å². The summed E-state index contributed by atoms with van der Waals surface area (Å²) in [6.07, 6.45) is 2.46. The van der Waals surface area contributed by atoms with E-state index in [0.717, 1.165) is 25.9 Å². The fourth-order valence-electron chi connectivity index (χ4n) is 1.92. The summed E-state index contributed by atoms with van der Waals surface area (Å²) in [6.45, 7) is 6.27. The van der Waals surface area contributed by atoms with Crippen LogP contribution in [0.15, 0.2) is 0 Å². The highest BCUT2D eigenvalue weighted by Crippen LogP contribution is 2.11. The highest BCUT2D eigenvalue weighted by molar-refractivity contribution is 5.87. The summed E-state index contributed by atoms with van der Waals surface area (Å²) in [6, 6.07) is -0.441. The molecule has 2 amide bonds. The van der Waals surface area contributed by atoms with Crippen LogP contribution in [0.4, 0.5) is 0 Å². The number of rotatable bonds is 6. The van der Waals surface area contributed by atoms with Crippen molar-refractivity contribution in [2.24, 2.45) is 5.92 Å². The van der Waals surface area contributed by atoms with Gasteiger partial charge in [-0.3, -0.25) is 9.59 Å². The molecule has 0 aliphatic carbocycles. The Bertz CT molecular complexity index is 262. The number of carbonyl (C=O) groups excluding carboxylic acids is 2. The van der Waals surface area contributed by atoms with E-state index < -0.39 is 6.04 Å². The summed E-state index contributed by atoms with van der Waals surface area (Å²) in [5.41, 5.74) is 0. The van der Waals surface area contributed by atoms with Crippen LogP contribution in [0.1, 0.15) is 33.1 Å². The first kappa shape index (κ1) is 14.0. The van der Waals surface area contributed by atoms with Crippen molar-refractivity contribution >= 4 is 11.8 Å². The maximum absolute atomic E-state index is 11.7. The summed E-state index contributed by atoms with van der Waals surface area (Å²) in [5, 5.41) is 8.72. The van der Waals surface area contributed by atoms with Gasteiger partial charge in [-0.15, -0.1) is 0 Å². The molecule has 0 spiro atoms. The summed E-state index contributed by atoms with van der Waals surface area (Å²) in [4.78, 5) is 23.2. The van der Waals surface area contributed by atoms with E-state index in [1.165, 1.54) is 0 Å². The lowest BCUT2D eigenvalue weighted by atomic mass is 10.0. The Morgan fingerprint density at radius 1 is 1.47 bits per heavy atom. The zero-order chi connectivity index (χ0) is 12.7. The van der Waals surface area contributed by atoms with Gasteiger partial charge < -0.3 is 16.0 Å². The van der Waals surface area contributed by atoms with Crippen molar-refractivity contribution in [3.8, 4) is 0 Å². The van der Waals surface area contributed by atoms with E-state index in [4.69, 9.17) is 0 Å². The predicted octanol–water partition coefficient (Wildman–Crippen LogP) is 0.0169. The standard InChI is InChI=1S/C12H23N3O2/c1-3-5-14-12(17)9(2)15-11(16)7-10-4-6-13-8-10/h9-10,13H,3-8H2,1-2H3,(H,14,17)(H,15,16). The van der Waals surface area contributed by atoms with Gasteiger partial charge in [0.2, 0.25) is 11.8 Å². The minimum atomic E-state index is -0.441.